The molecule has 0 aromatic carbocycles. The van der Waals surface area contributed by atoms with Gasteiger partial charge in [-0.05, 0) is 5.41 Å². The Hall–Kier alpha value is -0.480. The van der Waals surface area contributed by atoms with E-state index < -0.39 is 5.54 Å². The molecule has 2 rings (SSSR count). The van der Waals surface area contributed by atoms with Gasteiger partial charge in [0.05, 0.1) is 0 Å². The number of β-lactam (4-membered cyclic amide) rings is 1. The van der Waals surface area contributed by atoms with Gasteiger partial charge in [0.15, 0.2) is 0 Å². The summed E-state index contributed by atoms with van der Waals surface area (Å²) in [5, 5.41) is 0.125. The molecule has 1 amide bonds. The number of hydrogen-bond donors (Lipinski definition) is 1. The fourth-order valence-corrected chi connectivity index (χ4v) is 3.35. The van der Waals surface area contributed by atoms with E-state index in [2.05, 4.69) is 0 Å². The van der Waals surface area contributed by atoms with Crippen molar-refractivity contribution in [3.8, 4) is 0 Å². The summed E-state index contributed by atoms with van der Waals surface area (Å²) in [7, 11) is 0. The SMILES string of the molecule is CC(C)(C)C1(N)C(=O)N2C=CCS[C@H]21. The summed E-state index contributed by atoms with van der Waals surface area (Å²) >= 11 is 1.74. The molecule has 78 valence electrons. The van der Waals surface area contributed by atoms with Crippen molar-refractivity contribution in [2.75, 3.05) is 5.75 Å². The molecule has 0 aromatic rings. The fourth-order valence-electron chi connectivity index (χ4n) is 1.93. The topological polar surface area (TPSA) is 46.3 Å². The lowest BCUT2D eigenvalue weighted by molar-refractivity contribution is -0.156. The van der Waals surface area contributed by atoms with Gasteiger partial charge in [-0.15, -0.1) is 11.8 Å². The standard InChI is InChI=1S/C10H16N2OS/c1-9(2,3)10(11)7(13)12-5-4-6-14-8(10)12/h4-5,8H,6,11H2,1-3H3/t8-,10?/m0/s1. The Kier molecular flexibility index (Phi) is 1.98. The summed E-state index contributed by atoms with van der Waals surface area (Å²) in [6.45, 7) is 6.09. The van der Waals surface area contributed by atoms with Crippen molar-refractivity contribution >= 4 is 17.7 Å². The van der Waals surface area contributed by atoms with Gasteiger partial charge < -0.3 is 10.6 Å². The molecule has 2 N–H and O–H groups in total. The van der Waals surface area contributed by atoms with Crippen LogP contribution in [0.5, 0.6) is 0 Å². The minimum absolute atomic E-state index is 0.0541. The molecule has 0 saturated carbocycles. The highest BCUT2D eigenvalue weighted by atomic mass is 32.2. The van der Waals surface area contributed by atoms with Gasteiger partial charge in [-0.25, -0.2) is 0 Å². The minimum atomic E-state index is -0.692. The Morgan fingerprint density at radius 2 is 2.29 bits per heavy atom. The highest BCUT2D eigenvalue weighted by Gasteiger charge is 2.64. The van der Waals surface area contributed by atoms with Crippen molar-refractivity contribution in [1.82, 2.24) is 4.90 Å². The summed E-state index contributed by atoms with van der Waals surface area (Å²) in [5.41, 5.74) is 5.36. The van der Waals surface area contributed by atoms with Crippen LogP contribution in [0.15, 0.2) is 12.3 Å². The van der Waals surface area contributed by atoms with Crippen molar-refractivity contribution in [1.29, 1.82) is 0 Å². The second-order valence-corrected chi connectivity index (χ2v) is 6.02. The number of carbonyl (C=O) groups is 1. The van der Waals surface area contributed by atoms with Crippen LogP contribution >= 0.6 is 11.8 Å². The minimum Gasteiger partial charge on any atom is -0.314 e. The third-order valence-electron chi connectivity index (χ3n) is 3.09. The van der Waals surface area contributed by atoms with E-state index in [4.69, 9.17) is 5.73 Å². The molecule has 0 aliphatic carbocycles. The molecule has 0 bridgehead atoms. The lowest BCUT2D eigenvalue weighted by Crippen LogP contribution is -2.80. The molecule has 0 spiro atoms. The summed E-state index contributed by atoms with van der Waals surface area (Å²) < 4.78 is 0. The monoisotopic (exact) mass is 212 g/mol. The number of hydrogen-bond acceptors (Lipinski definition) is 3. The molecule has 2 atom stereocenters. The summed E-state index contributed by atoms with van der Waals surface area (Å²) in [6.07, 6.45) is 3.86. The molecule has 14 heavy (non-hydrogen) atoms. The first-order valence-corrected chi connectivity index (χ1v) is 5.84. The van der Waals surface area contributed by atoms with Gasteiger partial charge >= 0.3 is 0 Å². The van der Waals surface area contributed by atoms with Crippen LogP contribution in [0.1, 0.15) is 20.8 Å². The van der Waals surface area contributed by atoms with Crippen LogP contribution in [0.4, 0.5) is 0 Å². The second kappa shape index (κ2) is 2.76. The van der Waals surface area contributed by atoms with Gasteiger partial charge in [0, 0.05) is 12.0 Å². The van der Waals surface area contributed by atoms with E-state index in [1.165, 1.54) is 0 Å². The van der Waals surface area contributed by atoms with E-state index in [1.807, 2.05) is 33.0 Å². The highest BCUT2D eigenvalue weighted by Crippen LogP contribution is 2.48. The molecule has 2 aliphatic rings. The van der Waals surface area contributed by atoms with Crippen LogP contribution in [0.25, 0.3) is 0 Å². The molecule has 2 aliphatic heterocycles. The molecule has 1 fully saturated rings. The number of rotatable bonds is 0. The Morgan fingerprint density at radius 3 is 2.86 bits per heavy atom. The van der Waals surface area contributed by atoms with Gasteiger partial charge in [-0.3, -0.25) is 4.79 Å². The molecule has 0 aromatic heterocycles. The Balaban J connectivity index is 2.32. The van der Waals surface area contributed by atoms with Gasteiger partial charge in [-0.2, -0.15) is 0 Å². The van der Waals surface area contributed by atoms with E-state index in [1.54, 1.807) is 16.7 Å². The predicted molar refractivity (Wildman–Crippen MR) is 58.6 cm³/mol. The average Bonchev–Trinajstić information content (AvgIpc) is 2.14. The number of carbonyl (C=O) groups excluding carboxylic acids is 1. The van der Waals surface area contributed by atoms with Crippen LogP contribution in [-0.2, 0) is 4.79 Å². The third kappa shape index (κ3) is 1.01. The Bertz CT molecular complexity index is 308. The number of fused-ring (bicyclic) bond motifs is 1. The smallest absolute Gasteiger partial charge is 0.251 e. The molecule has 2 heterocycles. The van der Waals surface area contributed by atoms with E-state index >= 15 is 0 Å². The molecule has 0 radical (unpaired) electrons. The van der Waals surface area contributed by atoms with Crippen molar-refractivity contribution in [2.45, 2.75) is 31.7 Å². The summed E-state index contributed by atoms with van der Waals surface area (Å²) in [6, 6.07) is 0. The van der Waals surface area contributed by atoms with Crippen LogP contribution in [-0.4, -0.2) is 27.5 Å². The van der Waals surface area contributed by atoms with E-state index in [0.29, 0.717) is 0 Å². The summed E-state index contributed by atoms with van der Waals surface area (Å²) in [5.74, 6) is 1.00. The Morgan fingerprint density at radius 1 is 1.64 bits per heavy atom. The summed E-state index contributed by atoms with van der Waals surface area (Å²) in [4.78, 5) is 13.7. The van der Waals surface area contributed by atoms with Crippen LogP contribution < -0.4 is 5.73 Å². The van der Waals surface area contributed by atoms with E-state index in [0.717, 1.165) is 5.75 Å². The Labute approximate surface area is 88.7 Å². The van der Waals surface area contributed by atoms with Gasteiger partial charge in [0.1, 0.15) is 10.9 Å². The number of nitrogens with two attached hydrogens (primary N) is 1. The lowest BCUT2D eigenvalue weighted by atomic mass is 9.68. The molecule has 3 nitrogen and oxygen atoms in total. The third-order valence-corrected chi connectivity index (χ3v) is 4.39. The molecule has 1 saturated heterocycles. The number of thioether (sulfide) groups is 1. The first-order valence-electron chi connectivity index (χ1n) is 4.79. The van der Waals surface area contributed by atoms with Crippen LogP contribution in [0.2, 0.25) is 0 Å². The quantitative estimate of drug-likeness (QED) is 0.613. The van der Waals surface area contributed by atoms with Crippen LogP contribution in [0.3, 0.4) is 0 Å². The first kappa shape index (κ1) is 10.1. The zero-order valence-corrected chi connectivity index (χ0v) is 9.60. The predicted octanol–water partition coefficient (Wildman–Crippen LogP) is 1.16. The zero-order chi connectivity index (χ0) is 10.6. The van der Waals surface area contributed by atoms with E-state index in [-0.39, 0.29) is 16.7 Å². The number of amides is 1. The maximum absolute atomic E-state index is 11.9. The second-order valence-electron chi connectivity index (χ2n) is 4.90. The largest absolute Gasteiger partial charge is 0.314 e. The zero-order valence-electron chi connectivity index (χ0n) is 8.78. The average molecular weight is 212 g/mol. The van der Waals surface area contributed by atoms with Crippen molar-refractivity contribution in [3.05, 3.63) is 12.3 Å². The maximum Gasteiger partial charge on any atom is 0.251 e. The fraction of sp³-hybridized carbons (Fsp3) is 0.700. The van der Waals surface area contributed by atoms with E-state index in [9.17, 15) is 4.79 Å². The number of nitrogens with zero attached hydrogens (tertiary/aromatic N) is 1. The molecule has 4 heteroatoms. The molecular formula is C10H16N2OS. The normalized spacial score (nSPS) is 36.7. The van der Waals surface area contributed by atoms with Gasteiger partial charge in [0.25, 0.3) is 5.91 Å². The van der Waals surface area contributed by atoms with Crippen LogP contribution in [0, 0.1) is 5.41 Å². The van der Waals surface area contributed by atoms with Crippen molar-refractivity contribution in [3.63, 3.8) is 0 Å². The molecular weight excluding hydrogens is 196 g/mol. The highest BCUT2D eigenvalue weighted by molar-refractivity contribution is 8.00. The lowest BCUT2D eigenvalue weighted by Gasteiger charge is -2.59. The van der Waals surface area contributed by atoms with Gasteiger partial charge in [-0.1, -0.05) is 26.8 Å². The maximum atomic E-state index is 11.9. The first-order chi connectivity index (χ1) is 6.39. The van der Waals surface area contributed by atoms with Gasteiger partial charge in [0.2, 0.25) is 0 Å². The van der Waals surface area contributed by atoms with Crippen molar-refractivity contribution in [2.24, 2.45) is 11.1 Å². The van der Waals surface area contributed by atoms with Crippen molar-refractivity contribution < 1.29 is 4.79 Å². The molecule has 1 unspecified atom stereocenters.